The van der Waals surface area contributed by atoms with E-state index < -0.39 is 0 Å². The topological polar surface area (TPSA) is 71.8 Å². The first-order valence-corrected chi connectivity index (χ1v) is 8.54. The third kappa shape index (κ3) is 4.73. The summed E-state index contributed by atoms with van der Waals surface area (Å²) in [5.41, 5.74) is 3.72. The van der Waals surface area contributed by atoms with E-state index in [2.05, 4.69) is 51.9 Å². The number of Topliss-reactive ketones (excluding diaryl/α,β-unsaturated/α-hetero) is 1. The quantitative estimate of drug-likeness (QED) is 0.531. The minimum Gasteiger partial charge on any atom is -0.332 e. The molecule has 0 aliphatic rings. The van der Waals surface area contributed by atoms with E-state index in [9.17, 15) is 4.79 Å². The van der Waals surface area contributed by atoms with Crippen molar-refractivity contribution in [2.45, 2.75) is 20.4 Å². The molecule has 2 N–H and O–H groups in total. The first kappa shape index (κ1) is 17.8. The molecule has 1 heterocycles. The molecule has 26 heavy (non-hydrogen) atoms. The summed E-state index contributed by atoms with van der Waals surface area (Å²) in [7, 11) is 0. The SMILES string of the molecule is CC(=O)c1cccc(NC(=S)Nc2ncn(Cc3ccc(C)cc3)n2)c1. The van der Waals surface area contributed by atoms with Gasteiger partial charge < -0.3 is 5.32 Å². The molecule has 3 aromatic rings. The molecule has 0 fully saturated rings. The fourth-order valence-corrected chi connectivity index (χ4v) is 2.60. The second-order valence-electron chi connectivity index (χ2n) is 5.97. The number of anilines is 2. The minimum absolute atomic E-state index is 0.00374. The van der Waals surface area contributed by atoms with E-state index in [0.29, 0.717) is 23.2 Å². The van der Waals surface area contributed by atoms with Crippen LogP contribution in [0.25, 0.3) is 0 Å². The zero-order valence-electron chi connectivity index (χ0n) is 14.6. The van der Waals surface area contributed by atoms with Gasteiger partial charge in [0.2, 0.25) is 5.95 Å². The van der Waals surface area contributed by atoms with E-state index in [1.165, 1.54) is 12.5 Å². The lowest BCUT2D eigenvalue weighted by Gasteiger charge is -2.08. The van der Waals surface area contributed by atoms with E-state index in [1.807, 2.05) is 6.07 Å². The monoisotopic (exact) mass is 365 g/mol. The Kier molecular flexibility index (Phi) is 5.38. The molecule has 7 heteroatoms. The molecule has 0 bridgehead atoms. The third-order valence-corrected chi connectivity index (χ3v) is 3.96. The number of carbonyl (C=O) groups is 1. The number of thiocarbonyl (C=S) groups is 1. The van der Waals surface area contributed by atoms with Gasteiger partial charge in [0, 0.05) is 11.3 Å². The van der Waals surface area contributed by atoms with Crippen LogP contribution in [0.5, 0.6) is 0 Å². The smallest absolute Gasteiger partial charge is 0.248 e. The van der Waals surface area contributed by atoms with Gasteiger partial charge in [0.25, 0.3) is 0 Å². The summed E-state index contributed by atoms with van der Waals surface area (Å²) in [6.07, 6.45) is 1.65. The van der Waals surface area contributed by atoms with E-state index in [-0.39, 0.29) is 5.78 Å². The van der Waals surface area contributed by atoms with Crippen molar-refractivity contribution < 1.29 is 4.79 Å². The van der Waals surface area contributed by atoms with Crippen molar-refractivity contribution >= 4 is 34.7 Å². The molecule has 0 atom stereocenters. The number of nitrogens with one attached hydrogen (secondary N) is 2. The summed E-state index contributed by atoms with van der Waals surface area (Å²) in [6, 6.07) is 15.4. The van der Waals surface area contributed by atoms with Crippen LogP contribution >= 0.6 is 12.2 Å². The summed E-state index contributed by atoms with van der Waals surface area (Å²) < 4.78 is 1.74. The van der Waals surface area contributed by atoms with Crippen molar-refractivity contribution in [2.24, 2.45) is 0 Å². The second kappa shape index (κ2) is 7.88. The second-order valence-corrected chi connectivity index (χ2v) is 6.38. The van der Waals surface area contributed by atoms with Crippen molar-refractivity contribution in [3.8, 4) is 0 Å². The van der Waals surface area contributed by atoms with E-state index in [0.717, 1.165) is 11.3 Å². The molecule has 0 saturated heterocycles. The maximum absolute atomic E-state index is 11.4. The van der Waals surface area contributed by atoms with Gasteiger partial charge in [0.05, 0.1) is 6.54 Å². The number of nitrogens with zero attached hydrogens (tertiary/aromatic N) is 3. The predicted octanol–water partition coefficient (Wildman–Crippen LogP) is 3.65. The molecule has 0 aliphatic carbocycles. The number of aryl methyl sites for hydroxylation is 1. The minimum atomic E-state index is 0.00374. The highest BCUT2D eigenvalue weighted by Gasteiger charge is 2.06. The Morgan fingerprint density at radius 1 is 1.15 bits per heavy atom. The van der Waals surface area contributed by atoms with Gasteiger partial charge in [-0.25, -0.2) is 9.67 Å². The summed E-state index contributed by atoms with van der Waals surface area (Å²) in [5.74, 6) is 0.418. The van der Waals surface area contributed by atoms with Crippen LogP contribution < -0.4 is 10.6 Å². The fourth-order valence-electron chi connectivity index (χ4n) is 2.39. The van der Waals surface area contributed by atoms with Crippen LogP contribution in [0.4, 0.5) is 11.6 Å². The highest BCUT2D eigenvalue weighted by molar-refractivity contribution is 7.80. The van der Waals surface area contributed by atoms with Crippen molar-refractivity contribution in [1.82, 2.24) is 14.8 Å². The van der Waals surface area contributed by atoms with Crippen LogP contribution in [-0.2, 0) is 6.54 Å². The molecule has 0 spiro atoms. The summed E-state index contributed by atoms with van der Waals surface area (Å²) in [4.78, 5) is 15.7. The van der Waals surface area contributed by atoms with Crippen LogP contribution in [0.15, 0.2) is 54.9 Å². The van der Waals surface area contributed by atoms with Crippen LogP contribution in [0.2, 0.25) is 0 Å². The lowest BCUT2D eigenvalue weighted by Crippen LogP contribution is -2.20. The number of aromatic nitrogens is 3. The van der Waals surface area contributed by atoms with Gasteiger partial charge in [-0.1, -0.05) is 42.0 Å². The molecule has 6 nitrogen and oxygen atoms in total. The Labute approximate surface area is 157 Å². The number of hydrogen-bond acceptors (Lipinski definition) is 4. The standard InChI is InChI=1S/C19H19N5OS/c1-13-6-8-15(9-7-13)11-24-12-20-18(23-24)22-19(26)21-17-5-3-4-16(10-17)14(2)25/h3-10,12H,11H2,1-2H3,(H2,21,22,23,26). The van der Waals surface area contributed by atoms with Crippen LogP contribution in [0.3, 0.4) is 0 Å². The van der Waals surface area contributed by atoms with Gasteiger partial charge in [-0.05, 0) is 43.8 Å². The largest absolute Gasteiger partial charge is 0.332 e. The Bertz CT molecular complexity index is 933. The van der Waals surface area contributed by atoms with Crippen molar-refractivity contribution in [3.05, 3.63) is 71.5 Å². The lowest BCUT2D eigenvalue weighted by atomic mass is 10.1. The summed E-state index contributed by atoms with van der Waals surface area (Å²) >= 11 is 5.28. The Morgan fingerprint density at radius 2 is 1.92 bits per heavy atom. The molecule has 0 amide bonds. The zero-order chi connectivity index (χ0) is 18.5. The zero-order valence-corrected chi connectivity index (χ0v) is 15.4. The fraction of sp³-hybridized carbons (Fsp3) is 0.158. The highest BCUT2D eigenvalue weighted by Crippen LogP contribution is 2.12. The maximum atomic E-state index is 11.4. The Morgan fingerprint density at radius 3 is 2.65 bits per heavy atom. The molecule has 0 unspecified atom stereocenters. The van der Waals surface area contributed by atoms with Crippen molar-refractivity contribution in [1.29, 1.82) is 0 Å². The predicted molar refractivity (Wildman–Crippen MR) is 107 cm³/mol. The molecular weight excluding hydrogens is 346 g/mol. The first-order chi connectivity index (χ1) is 12.5. The number of carbonyl (C=O) groups excluding carboxylic acids is 1. The molecule has 0 radical (unpaired) electrons. The number of benzene rings is 2. The van der Waals surface area contributed by atoms with Gasteiger partial charge >= 0.3 is 0 Å². The van der Waals surface area contributed by atoms with Gasteiger partial charge in [0.1, 0.15) is 6.33 Å². The Balaban J connectivity index is 1.60. The molecule has 1 aromatic heterocycles. The molecule has 2 aromatic carbocycles. The lowest BCUT2D eigenvalue weighted by molar-refractivity contribution is 0.101. The van der Waals surface area contributed by atoms with Crippen molar-refractivity contribution in [2.75, 3.05) is 10.6 Å². The highest BCUT2D eigenvalue weighted by atomic mass is 32.1. The molecule has 3 rings (SSSR count). The Hall–Kier alpha value is -3.06. The van der Waals surface area contributed by atoms with Crippen LogP contribution in [0, 0.1) is 6.92 Å². The van der Waals surface area contributed by atoms with Gasteiger partial charge in [0.15, 0.2) is 10.9 Å². The summed E-state index contributed by atoms with van der Waals surface area (Å²) in [5, 5.41) is 10.7. The first-order valence-electron chi connectivity index (χ1n) is 8.13. The van der Waals surface area contributed by atoms with Crippen LogP contribution in [-0.4, -0.2) is 25.7 Å². The third-order valence-electron chi connectivity index (χ3n) is 3.75. The molecule has 132 valence electrons. The average Bonchev–Trinajstić information content (AvgIpc) is 3.04. The van der Waals surface area contributed by atoms with Crippen molar-refractivity contribution in [3.63, 3.8) is 0 Å². The molecule has 0 saturated carbocycles. The molecule has 0 aliphatic heterocycles. The van der Waals surface area contributed by atoms with Gasteiger partial charge in [-0.15, -0.1) is 5.10 Å². The average molecular weight is 365 g/mol. The van der Waals surface area contributed by atoms with Gasteiger partial charge in [-0.3, -0.25) is 10.1 Å². The molecular formula is C19H19N5OS. The summed E-state index contributed by atoms with van der Waals surface area (Å²) in [6.45, 7) is 4.22. The normalized spacial score (nSPS) is 10.4. The number of rotatable bonds is 5. The van der Waals surface area contributed by atoms with Crippen LogP contribution in [0.1, 0.15) is 28.4 Å². The number of ketones is 1. The number of hydrogen-bond donors (Lipinski definition) is 2. The maximum Gasteiger partial charge on any atom is 0.248 e. The van der Waals surface area contributed by atoms with E-state index in [4.69, 9.17) is 12.2 Å². The van der Waals surface area contributed by atoms with E-state index in [1.54, 1.807) is 29.2 Å². The van der Waals surface area contributed by atoms with E-state index >= 15 is 0 Å². The van der Waals surface area contributed by atoms with Gasteiger partial charge in [-0.2, -0.15) is 0 Å².